The number of aliphatic hydroxyl groups excluding tert-OH is 2. The molecule has 2 unspecified atom stereocenters. The summed E-state index contributed by atoms with van der Waals surface area (Å²) < 4.78 is 5.49. The number of rotatable bonds is 56. The predicted octanol–water partition coefficient (Wildman–Crippen LogP) is 18.3. The summed E-state index contributed by atoms with van der Waals surface area (Å²) in [7, 11) is 0. The summed E-state index contributed by atoms with van der Waals surface area (Å²) in [6.07, 6.45) is 63.8. The Labute approximate surface area is 406 Å². The number of hydrogen-bond acceptors (Lipinski definition) is 5. The average molecular weight is 921 g/mol. The molecular weight excluding hydrogens is 803 g/mol. The van der Waals surface area contributed by atoms with Gasteiger partial charge in [-0.1, -0.05) is 303 Å². The zero-order chi connectivity index (χ0) is 47.2. The third-order valence-corrected chi connectivity index (χ3v) is 14.2. The Kier molecular flexibility index (Phi) is 54.5. The number of aliphatic hydroxyl groups is 2. The quantitative estimate of drug-likeness (QED) is 0.0417. The van der Waals surface area contributed by atoms with Crippen LogP contribution in [0.1, 0.15) is 341 Å². The monoisotopic (exact) mass is 920 g/mol. The van der Waals surface area contributed by atoms with E-state index in [4.69, 9.17) is 4.74 Å². The maximum atomic E-state index is 12.5. The molecule has 0 aromatic rings. The molecule has 6 nitrogen and oxygen atoms in total. The van der Waals surface area contributed by atoms with Crippen molar-refractivity contribution in [3.63, 3.8) is 0 Å². The fraction of sp³-hybridized carbons (Fsp3) is 0.966. The number of carbonyl (C=O) groups excluding carboxylic acids is 2. The number of amides is 1. The number of carbonyl (C=O) groups is 2. The Morgan fingerprint density at radius 2 is 0.631 bits per heavy atom. The van der Waals surface area contributed by atoms with E-state index < -0.39 is 12.1 Å². The molecule has 0 saturated carbocycles. The predicted molar refractivity (Wildman–Crippen MR) is 283 cm³/mol. The molecule has 0 bridgehead atoms. The summed E-state index contributed by atoms with van der Waals surface area (Å²) in [5, 5.41) is 23.3. The molecule has 0 heterocycles. The van der Waals surface area contributed by atoms with Crippen LogP contribution in [0.2, 0.25) is 0 Å². The first-order valence-electron chi connectivity index (χ1n) is 29.8. The van der Waals surface area contributed by atoms with Crippen molar-refractivity contribution in [3.8, 4) is 0 Å². The van der Waals surface area contributed by atoms with Crippen LogP contribution in [-0.2, 0) is 14.3 Å². The minimum absolute atomic E-state index is 0.0117. The van der Waals surface area contributed by atoms with Crippen LogP contribution in [0.4, 0.5) is 0 Å². The van der Waals surface area contributed by atoms with Gasteiger partial charge in [0.15, 0.2) is 0 Å². The van der Waals surface area contributed by atoms with Gasteiger partial charge in [-0.15, -0.1) is 0 Å². The molecule has 0 rings (SSSR count). The summed E-state index contributed by atoms with van der Waals surface area (Å²) >= 11 is 0. The van der Waals surface area contributed by atoms with Gasteiger partial charge >= 0.3 is 5.97 Å². The minimum atomic E-state index is -0.665. The third-order valence-electron chi connectivity index (χ3n) is 14.2. The van der Waals surface area contributed by atoms with Gasteiger partial charge < -0.3 is 20.3 Å². The molecule has 0 aliphatic carbocycles. The van der Waals surface area contributed by atoms with Gasteiger partial charge in [0.1, 0.15) is 0 Å². The largest absolute Gasteiger partial charge is 0.466 e. The van der Waals surface area contributed by atoms with Crippen LogP contribution in [0.5, 0.6) is 0 Å². The molecule has 0 aliphatic heterocycles. The van der Waals surface area contributed by atoms with Gasteiger partial charge in [-0.05, 0) is 25.7 Å². The fourth-order valence-corrected chi connectivity index (χ4v) is 9.58. The van der Waals surface area contributed by atoms with E-state index in [0.29, 0.717) is 25.9 Å². The van der Waals surface area contributed by atoms with E-state index in [2.05, 4.69) is 19.2 Å². The number of hydrogen-bond donors (Lipinski definition) is 3. The van der Waals surface area contributed by atoms with E-state index >= 15 is 0 Å². The molecule has 1 amide bonds. The van der Waals surface area contributed by atoms with Crippen molar-refractivity contribution in [3.05, 3.63) is 0 Å². The first-order valence-corrected chi connectivity index (χ1v) is 29.8. The molecular formula is C59H117NO5. The molecule has 0 spiro atoms. The van der Waals surface area contributed by atoms with Crippen LogP contribution < -0.4 is 5.32 Å². The van der Waals surface area contributed by atoms with Crippen LogP contribution in [0, 0.1) is 0 Å². The summed E-state index contributed by atoms with van der Waals surface area (Å²) in [5.74, 6) is -0.0247. The standard InChI is InChI=1S/C59H117NO5/c1-3-5-7-9-11-13-15-17-19-25-29-33-37-41-45-49-53-59(64)65-54-50-46-42-38-34-30-26-23-21-20-22-24-28-32-36-40-44-48-52-58(63)60-56(55-61)57(62)51-47-43-39-35-31-27-18-16-14-12-10-8-6-4-2/h56-57,61-62H,3-55H2,1-2H3,(H,60,63). The van der Waals surface area contributed by atoms with Crippen LogP contribution in [0.15, 0.2) is 0 Å². The average Bonchev–Trinajstić information content (AvgIpc) is 3.31. The number of unbranched alkanes of at least 4 members (excludes halogenated alkanes) is 45. The first-order chi connectivity index (χ1) is 32.0. The number of ether oxygens (including phenoxy) is 1. The molecule has 0 aromatic carbocycles. The van der Waals surface area contributed by atoms with E-state index in [-0.39, 0.29) is 18.5 Å². The van der Waals surface area contributed by atoms with Crippen molar-refractivity contribution >= 4 is 11.9 Å². The molecule has 2 atom stereocenters. The molecule has 6 heteroatoms. The van der Waals surface area contributed by atoms with Gasteiger partial charge in [0.25, 0.3) is 0 Å². The second-order valence-corrected chi connectivity index (χ2v) is 20.7. The maximum Gasteiger partial charge on any atom is 0.305 e. The van der Waals surface area contributed by atoms with Crippen LogP contribution >= 0.6 is 0 Å². The van der Waals surface area contributed by atoms with Gasteiger partial charge in [-0.3, -0.25) is 9.59 Å². The molecule has 0 radical (unpaired) electrons. The Balaban J connectivity index is 3.37. The molecule has 0 saturated heterocycles. The van der Waals surface area contributed by atoms with Gasteiger partial charge in [-0.25, -0.2) is 0 Å². The summed E-state index contributed by atoms with van der Waals surface area (Å²) in [4.78, 5) is 24.5. The molecule has 388 valence electrons. The Morgan fingerprint density at radius 1 is 0.369 bits per heavy atom. The normalized spacial score (nSPS) is 12.5. The van der Waals surface area contributed by atoms with Gasteiger partial charge in [-0.2, -0.15) is 0 Å². The van der Waals surface area contributed by atoms with Crippen molar-refractivity contribution in [2.24, 2.45) is 0 Å². The summed E-state index contributed by atoms with van der Waals surface area (Å²) in [5.41, 5.74) is 0. The molecule has 65 heavy (non-hydrogen) atoms. The highest BCUT2D eigenvalue weighted by Gasteiger charge is 2.20. The maximum absolute atomic E-state index is 12.5. The lowest BCUT2D eigenvalue weighted by Gasteiger charge is -2.22. The molecule has 0 aliphatic rings. The van der Waals surface area contributed by atoms with Crippen molar-refractivity contribution < 1.29 is 24.5 Å². The van der Waals surface area contributed by atoms with Crippen LogP contribution in [-0.4, -0.2) is 47.4 Å². The zero-order valence-corrected chi connectivity index (χ0v) is 44.3. The Morgan fingerprint density at radius 3 is 0.938 bits per heavy atom. The first kappa shape index (κ1) is 63.9. The third kappa shape index (κ3) is 52.1. The SMILES string of the molecule is CCCCCCCCCCCCCCCCCCC(=O)OCCCCCCCCCCCCCCCCCCCCC(=O)NC(CO)C(O)CCCCCCCCCCCCCCCC. The lowest BCUT2D eigenvalue weighted by molar-refractivity contribution is -0.143. The Bertz CT molecular complexity index is 928. The van der Waals surface area contributed by atoms with E-state index in [1.165, 1.54) is 270 Å². The topological polar surface area (TPSA) is 95.9 Å². The van der Waals surface area contributed by atoms with Gasteiger partial charge in [0.05, 0.1) is 25.4 Å². The van der Waals surface area contributed by atoms with E-state index in [9.17, 15) is 19.8 Å². The summed E-state index contributed by atoms with van der Waals surface area (Å²) in [6, 6.07) is -0.542. The second kappa shape index (κ2) is 55.5. The zero-order valence-electron chi connectivity index (χ0n) is 44.3. The Hall–Kier alpha value is -1.14. The van der Waals surface area contributed by atoms with Crippen molar-refractivity contribution in [1.29, 1.82) is 0 Å². The lowest BCUT2D eigenvalue weighted by Crippen LogP contribution is -2.45. The van der Waals surface area contributed by atoms with Gasteiger partial charge in [0.2, 0.25) is 5.91 Å². The highest BCUT2D eigenvalue weighted by Crippen LogP contribution is 2.18. The molecule has 0 aromatic heterocycles. The van der Waals surface area contributed by atoms with Crippen molar-refractivity contribution in [2.75, 3.05) is 13.2 Å². The van der Waals surface area contributed by atoms with E-state index in [0.717, 1.165) is 38.5 Å². The highest BCUT2D eigenvalue weighted by molar-refractivity contribution is 5.76. The second-order valence-electron chi connectivity index (χ2n) is 20.7. The van der Waals surface area contributed by atoms with Crippen molar-refractivity contribution in [2.45, 2.75) is 353 Å². The highest BCUT2D eigenvalue weighted by atomic mass is 16.5. The molecule has 3 N–H and O–H groups in total. The lowest BCUT2D eigenvalue weighted by atomic mass is 10.0. The van der Waals surface area contributed by atoms with Gasteiger partial charge in [0, 0.05) is 12.8 Å². The number of esters is 1. The summed E-state index contributed by atoms with van der Waals surface area (Å²) in [6.45, 7) is 4.97. The van der Waals surface area contributed by atoms with Crippen molar-refractivity contribution in [1.82, 2.24) is 5.32 Å². The number of nitrogens with one attached hydrogen (secondary N) is 1. The molecule has 0 fully saturated rings. The smallest absolute Gasteiger partial charge is 0.305 e. The van der Waals surface area contributed by atoms with Crippen LogP contribution in [0.25, 0.3) is 0 Å². The van der Waals surface area contributed by atoms with E-state index in [1.54, 1.807) is 0 Å². The van der Waals surface area contributed by atoms with Crippen LogP contribution in [0.3, 0.4) is 0 Å². The fourth-order valence-electron chi connectivity index (χ4n) is 9.58. The van der Waals surface area contributed by atoms with E-state index in [1.807, 2.05) is 0 Å². The minimum Gasteiger partial charge on any atom is -0.466 e.